The van der Waals surface area contributed by atoms with Crippen LogP contribution in [0.2, 0.25) is 0 Å². The molecule has 0 N–H and O–H groups in total. The standard InChI is InChI=1S/C47H29N3/c1-3-15-31(16-4-1)41-29-42(32-17-5-2-6-18-32)49-47(48-41)34-20-13-19-33(28-34)45-40-25-12-10-23-37(40)44-43-35-21-8-7-14-30(35)26-27-38(43)36-22-9-11-24-39(36)46(44)50-45/h1-29H. The van der Waals surface area contributed by atoms with E-state index in [9.17, 15) is 0 Å². The number of hydrogen-bond donors (Lipinski definition) is 0. The highest BCUT2D eigenvalue weighted by atomic mass is 14.9. The molecule has 0 aliphatic rings. The summed E-state index contributed by atoms with van der Waals surface area (Å²) in [5.41, 5.74) is 7.81. The van der Waals surface area contributed by atoms with Gasteiger partial charge in [0.25, 0.3) is 0 Å². The van der Waals surface area contributed by atoms with Crippen LogP contribution in [0.25, 0.3) is 99.2 Å². The number of benzene rings is 8. The van der Waals surface area contributed by atoms with E-state index < -0.39 is 0 Å². The fourth-order valence-electron chi connectivity index (χ4n) is 7.52. The first kappa shape index (κ1) is 28.3. The third-order valence-corrected chi connectivity index (χ3v) is 9.82. The van der Waals surface area contributed by atoms with Crippen LogP contribution < -0.4 is 0 Å². The Balaban J connectivity index is 1.25. The van der Waals surface area contributed by atoms with Gasteiger partial charge in [0.2, 0.25) is 0 Å². The lowest BCUT2D eigenvalue weighted by atomic mass is 9.90. The largest absolute Gasteiger partial charge is 0.246 e. The normalized spacial score (nSPS) is 11.6. The molecule has 10 aromatic rings. The molecule has 0 spiro atoms. The van der Waals surface area contributed by atoms with Gasteiger partial charge in [-0.2, -0.15) is 0 Å². The fourth-order valence-corrected chi connectivity index (χ4v) is 7.52. The van der Waals surface area contributed by atoms with Gasteiger partial charge in [0, 0.05) is 43.8 Å². The van der Waals surface area contributed by atoms with Gasteiger partial charge in [-0.1, -0.05) is 164 Å². The summed E-state index contributed by atoms with van der Waals surface area (Å²) >= 11 is 0. The van der Waals surface area contributed by atoms with Gasteiger partial charge in [0.1, 0.15) is 0 Å². The van der Waals surface area contributed by atoms with E-state index in [1.54, 1.807) is 0 Å². The highest BCUT2D eigenvalue weighted by Gasteiger charge is 2.19. The Bertz CT molecular complexity index is 2860. The van der Waals surface area contributed by atoms with E-state index in [0.717, 1.165) is 55.6 Å². The summed E-state index contributed by atoms with van der Waals surface area (Å²) in [7, 11) is 0. The highest BCUT2D eigenvalue weighted by molar-refractivity contribution is 6.36. The predicted molar refractivity (Wildman–Crippen MR) is 209 cm³/mol. The second kappa shape index (κ2) is 11.5. The molecule has 0 saturated carbocycles. The van der Waals surface area contributed by atoms with Gasteiger partial charge < -0.3 is 0 Å². The van der Waals surface area contributed by atoms with E-state index in [2.05, 4.69) is 140 Å². The Morgan fingerprint density at radius 2 is 0.840 bits per heavy atom. The molecule has 0 aliphatic carbocycles. The van der Waals surface area contributed by atoms with Crippen LogP contribution in [0, 0.1) is 0 Å². The average molecular weight is 636 g/mol. The van der Waals surface area contributed by atoms with Gasteiger partial charge in [-0.25, -0.2) is 15.0 Å². The summed E-state index contributed by atoms with van der Waals surface area (Å²) in [6.45, 7) is 0. The van der Waals surface area contributed by atoms with Gasteiger partial charge in [-0.3, -0.25) is 0 Å². The summed E-state index contributed by atoms with van der Waals surface area (Å²) in [4.78, 5) is 15.8. The lowest BCUT2D eigenvalue weighted by molar-refractivity contribution is 1.18. The Morgan fingerprint density at radius 3 is 1.56 bits per heavy atom. The molecule has 0 aliphatic heterocycles. The predicted octanol–water partition coefficient (Wildman–Crippen LogP) is 12.3. The zero-order valence-corrected chi connectivity index (χ0v) is 27.1. The van der Waals surface area contributed by atoms with Crippen molar-refractivity contribution in [2.45, 2.75) is 0 Å². The Morgan fingerprint density at radius 1 is 0.300 bits per heavy atom. The van der Waals surface area contributed by atoms with Crippen LogP contribution >= 0.6 is 0 Å². The van der Waals surface area contributed by atoms with Crippen LogP contribution in [-0.4, -0.2) is 15.0 Å². The van der Waals surface area contributed by atoms with E-state index in [1.807, 2.05) is 36.4 Å². The highest BCUT2D eigenvalue weighted by Crippen LogP contribution is 2.43. The van der Waals surface area contributed by atoms with E-state index in [0.29, 0.717) is 5.82 Å². The zero-order chi connectivity index (χ0) is 33.0. The van der Waals surface area contributed by atoms with Crippen LogP contribution in [-0.2, 0) is 0 Å². The molecule has 0 fully saturated rings. The third kappa shape index (κ3) is 4.56. The van der Waals surface area contributed by atoms with Crippen LogP contribution in [0.15, 0.2) is 176 Å². The average Bonchev–Trinajstić information content (AvgIpc) is 3.20. The summed E-state index contributed by atoms with van der Waals surface area (Å²) < 4.78 is 0. The molecule has 0 saturated heterocycles. The van der Waals surface area contributed by atoms with E-state index in [1.165, 1.54) is 37.7 Å². The summed E-state index contributed by atoms with van der Waals surface area (Å²) in [5.74, 6) is 0.681. The lowest BCUT2D eigenvalue weighted by Crippen LogP contribution is -1.97. The lowest BCUT2D eigenvalue weighted by Gasteiger charge is -2.17. The van der Waals surface area contributed by atoms with Crippen molar-refractivity contribution in [1.82, 2.24) is 15.0 Å². The van der Waals surface area contributed by atoms with Gasteiger partial charge in [0.05, 0.1) is 22.6 Å². The summed E-state index contributed by atoms with van der Waals surface area (Å²) in [5, 5.41) is 10.8. The number of pyridine rings is 1. The molecule has 232 valence electrons. The molecule has 0 radical (unpaired) electrons. The van der Waals surface area contributed by atoms with Crippen LogP contribution in [0.1, 0.15) is 0 Å². The number of rotatable bonds is 4. The van der Waals surface area contributed by atoms with Crippen molar-refractivity contribution in [3.8, 4) is 45.2 Å². The molecular weight excluding hydrogens is 607 g/mol. The molecule has 0 atom stereocenters. The van der Waals surface area contributed by atoms with Crippen molar-refractivity contribution in [3.05, 3.63) is 176 Å². The Labute approximate surface area is 289 Å². The molecule has 8 aromatic carbocycles. The molecule has 0 amide bonds. The fraction of sp³-hybridized carbons (Fsp3) is 0. The van der Waals surface area contributed by atoms with Crippen molar-refractivity contribution in [2.75, 3.05) is 0 Å². The minimum absolute atomic E-state index is 0.681. The minimum atomic E-state index is 0.681. The van der Waals surface area contributed by atoms with Crippen molar-refractivity contribution in [2.24, 2.45) is 0 Å². The van der Waals surface area contributed by atoms with Crippen LogP contribution in [0.5, 0.6) is 0 Å². The zero-order valence-electron chi connectivity index (χ0n) is 27.1. The van der Waals surface area contributed by atoms with Crippen LogP contribution in [0.4, 0.5) is 0 Å². The maximum Gasteiger partial charge on any atom is 0.160 e. The van der Waals surface area contributed by atoms with Crippen molar-refractivity contribution in [1.29, 1.82) is 0 Å². The molecule has 0 bridgehead atoms. The molecule has 3 nitrogen and oxygen atoms in total. The number of fused-ring (bicyclic) bond motifs is 10. The summed E-state index contributed by atoms with van der Waals surface area (Å²) in [6, 6.07) is 61.9. The number of nitrogens with zero attached hydrogens (tertiary/aromatic N) is 3. The number of hydrogen-bond acceptors (Lipinski definition) is 3. The Hall–Kier alpha value is -6.71. The topological polar surface area (TPSA) is 38.7 Å². The molecule has 2 aromatic heterocycles. The first-order valence-corrected chi connectivity index (χ1v) is 17.0. The second-order valence-corrected chi connectivity index (χ2v) is 12.8. The monoisotopic (exact) mass is 635 g/mol. The smallest absolute Gasteiger partial charge is 0.160 e. The second-order valence-electron chi connectivity index (χ2n) is 12.8. The SMILES string of the molecule is c1ccc(-c2cc(-c3ccccc3)nc(-c3cccc(-c4nc5c6ccccc6c6ccc7ccccc7c6c5c5ccccc45)c3)n2)cc1. The van der Waals surface area contributed by atoms with E-state index in [-0.39, 0.29) is 0 Å². The van der Waals surface area contributed by atoms with Gasteiger partial charge in [0.15, 0.2) is 5.82 Å². The van der Waals surface area contributed by atoms with E-state index >= 15 is 0 Å². The molecule has 3 heteroatoms. The maximum absolute atomic E-state index is 5.58. The molecule has 0 unspecified atom stereocenters. The molecule has 10 rings (SSSR count). The molecular formula is C47H29N3. The summed E-state index contributed by atoms with van der Waals surface area (Å²) in [6.07, 6.45) is 0. The quantitative estimate of drug-likeness (QED) is 0.181. The molecule has 50 heavy (non-hydrogen) atoms. The van der Waals surface area contributed by atoms with Gasteiger partial charge >= 0.3 is 0 Å². The van der Waals surface area contributed by atoms with Crippen LogP contribution in [0.3, 0.4) is 0 Å². The van der Waals surface area contributed by atoms with Gasteiger partial charge in [-0.15, -0.1) is 0 Å². The Kier molecular flexibility index (Phi) is 6.49. The van der Waals surface area contributed by atoms with Gasteiger partial charge in [-0.05, 0) is 39.1 Å². The minimum Gasteiger partial charge on any atom is -0.246 e. The van der Waals surface area contributed by atoms with E-state index in [4.69, 9.17) is 15.0 Å². The first-order chi connectivity index (χ1) is 24.8. The van der Waals surface area contributed by atoms with Crippen molar-refractivity contribution in [3.63, 3.8) is 0 Å². The molecule has 2 heterocycles. The van der Waals surface area contributed by atoms with Crippen molar-refractivity contribution >= 4 is 54.0 Å². The van der Waals surface area contributed by atoms with Crippen molar-refractivity contribution < 1.29 is 0 Å². The third-order valence-electron chi connectivity index (χ3n) is 9.82. The first-order valence-electron chi connectivity index (χ1n) is 17.0. The number of aromatic nitrogens is 3. The maximum atomic E-state index is 5.58.